The summed E-state index contributed by atoms with van der Waals surface area (Å²) >= 11 is 0. The van der Waals surface area contributed by atoms with Crippen LogP contribution in [0.4, 0.5) is 0 Å². The third-order valence-electron chi connectivity index (χ3n) is 9.49. The van der Waals surface area contributed by atoms with Crippen molar-refractivity contribution in [2.75, 3.05) is 0 Å². The Morgan fingerprint density at radius 3 is 1.48 bits per heavy atom. The molecule has 0 aliphatic rings. The van der Waals surface area contributed by atoms with E-state index in [9.17, 15) is 0 Å². The van der Waals surface area contributed by atoms with E-state index in [2.05, 4.69) is 136 Å². The zero-order chi connectivity index (χ0) is 28.4. The molecule has 0 heterocycles. The van der Waals surface area contributed by atoms with Gasteiger partial charge < -0.3 is 0 Å². The molecular formula is C42H34. The van der Waals surface area contributed by atoms with Crippen LogP contribution in [0.3, 0.4) is 0 Å². The molecule has 8 aromatic rings. The molecule has 0 aromatic heterocycles. The molecule has 0 fully saturated rings. The molecule has 0 bridgehead atoms. The normalized spacial score (nSPS) is 12.0. The van der Waals surface area contributed by atoms with Gasteiger partial charge in [-0.3, -0.25) is 0 Å². The van der Waals surface area contributed by atoms with E-state index in [1.165, 1.54) is 92.8 Å². The van der Waals surface area contributed by atoms with Crippen LogP contribution in [0, 0.1) is 0 Å². The van der Waals surface area contributed by atoms with Gasteiger partial charge >= 0.3 is 0 Å². The Kier molecular flexibility index (Phi) is 5.79. The third-order valence-corrected chi connectivity index (χ3v) is 9.49. The van der Waals surface area contributed by atoms with Gasteiger partial charge in [0.05, 0.1) is 0 Å². The van der Waals surface area contributed by atoms with E-state index in [0.717, 1.165) is 19.3 Å². The number of rotatable bonds is 5. The zero-order valence-corrected chi connectivity index (χ0v) is 24.6. The van der Waals surface area contributed by atoms with Crippen molar-refractivity contribution in [3.8, 4) is 22.3 Å². The highest BCUT2D eigenvalue weighted by Crippen LogP contribution is 2.47. The summed E-state index contributed by atoms with van der Waals surface area (Å²) in [5, 5.41) is 13.4. The Morgan fingerprint density at radius 1 is 0.405 bits per heavy atom. The molecule has 0 saturated carbocycles. The van der Waals surface area contributed by atoms with Crippen LogP contribution in [0.5, 0.6) is 0 Å². The third kappa shape index (κ3) is 3.61. The van der Waals surface area contributed by atoms with Crippen molar-refractivity contribution < 1.29 is 0 Å². The average Bonchev–Trinajstić information content (AvgIpc) is 3.05. The number of hydrogen-bond acceptors (Lipinski definition) is 0. The highest BCUT2D eigenvalue weighted by Gasteiger charge is 2.20. The second kappa shape index (κ2) is 9.71. The fraction of sp³-hybridized carbons (Fsp3) is 0.143. The highest BCUT2D eigenvalue weighted by molar-refractivity contribution is 6.29. The quantitative estimate of drug-likeness (QED) is 0.151. The van der Waals surface area contributed by atoms with Crippen LogP contribution in [-0.2, 0) is 19.3 Å². The summed E-state index contributed by atoms with van der Waals surface area (Å²) in [4.78, 5) is 0. The van der Waals surface area contributed by atoms with Crippen molar-refractivity contribution in [3.05, 3.63) is 132 Å². The monoisotopic (exact) mass is 538 g/mol. The van der Waals surface area contributed by atoms with Gasteiger partial charge in [0.25, 0.3) is 0 Å². The Bertz CT molecular complexity index is 2220. The lowest BCUT2D eigenvalue weighted by atomic mass is 9.82. The maximum Gasteiger partial charge on any atom is -0.00201 e. The maximum absolute atomic E-state index is 2.41. The van der Waals surface area contributed by atoms with Gasteiger partial charge in [-0.2, -0.15) is 0 Å². The Hall–Kier alpha value is -4.68. The van der Waals surface area contributed by atoms with Crippen LogP contribution in [0.2, 0.25) is 0 Å². The van der Waals surface area contributed by atoms with Gasteiger partial charge in [0.15, 0.2) is 0 Å². The molecular weight excluding hydrogens is 504 g/mol. The first-order chi connectivity index (χ1) is 20.7. The van der Waals surface area contributed by atoms with Gasteiger partial charge in [0.2, 0.25) is 0 Å². The van der Waals surface area contributed by atoms with Crippen LogP contribution in [-0.4, -0.2) is 0 Å². The first-order valence-corrected chi connectivity index (χ1v) is 15.5. The molecule has 0 aliphatic heterocycles. The summed E-state index contributed by atoms with van der Waals surface area (Å²) in [5.41, 5.74) is 9.55. The molecule has 0 radical (unpaired) electrons. The number of hydrogen-bond donors (Lipinski definition) is 0. The van der Waals surface area contributed by atoms with Gasteiger partial charge in [-0.05, 0) is 112 Å². The van der Waals surface area contributed by atoms with E-state index in [1.54, 1.807) is 0 Å². The van der Waals surface area contributed by atoms with Crippen LogP contribution in [0.15, 0.2) is 115 Å². The molecule has 0 spiro atoms. The van der Waals surface area contributed by atoms with Gasteiger partial charge in [-0.1, -0.05) is 136 Å². The predicted molar refractivity (Wildman–Crippen MR) is 184 cm³/mol. The van der Waals surface area contributed by atoms with Crippen LogP contribution < -0.4 is 0 Å². The van der Waals surface area contributed by atoms with Crippen LogP contribution in [0.1, 0.15) is 37.5 Å². The SMILES string of the molecule is CCc1cc(CC)cc(-c2c3ccccc3c(-c3ccc4ccc5c(CC)ccc6ccc3c4c65)c3ccccc23)c1. The highest BCUT2D eigenvalue weighted by atomic mass is 14.2. The number of benzene rings is 8. The molecule has 8 aromatic carbocycles. The molecule has 0 atom stereocenters. The molecule has 0 unspecified atom stereocenters. The fourth-order valence-corrected chi connectivity index (χ4v) is 7.43. The van der Waals surface area contributed by atoms with Crippen LogP contribution in [0.25, 0.3) is 76.1 Å². The topological polar surface area (TPSA) is 0 Å². The van der Waals surface area contributed by atoms with E-state index >= 15 is 0 Å². The van der Waals surface area contributed by atoms with Gasteiger partial charge in [0.1, 0.15) is 0 Å². The molecule has 202 valence electrons. The Labute approximate surface area is 247 Å². The van der Waals surface area contributed by atoms with Gasteiger partial charge in [0, 0.05) is 0 Å². The van der Waals surface area contributed by atoms with E-state index in [1.807, 2.05) is 0 Å². The smallest absolute Gasteiger partial charge is 0.00201 e. The van der Waals surface area contributed by atoms with Crippen LogP contribution >= 0.6 is 0 Å². The maximum atomic E-state index is 2.41. The first-order valence-electron chi connectivity index (χ1n) is 15.5. The molecule has 0 saturated heterocycles. The fourth-order valence-electron chi connectivity index (χ4n) is 7.43. The summed E-state index contributed by atoms with van der Waals surface area (Å²) in [6, 6.07) is 44.0. The molecule has 0 aliphatic carbocycles. The van der Waals surface area contributed by atoms with Crippen molar-refractivity contribution in [2.45, 2.75) is 40.0 Å². The lowest BCUT2D eigenvalue weighted by Crippen LogP contribution is -1.94. The van der Waals surface area contributed by atoms with Crippen molar-refractivity contribution >= 4 is 53.9 Å². The lowest BCUT2D eigenvalue weighted by Gasteiger charge is -2.21. The lowest BCUT2D eigenvalue weighted by molar-refractivity contribution is 1.09. The van der Waals surface area contributed by atoms with E-state index in [4.69, 9.17) is 0 Å². The average molecular weight is 539 g/mol. The minimum absolute atomic E-state index is 1.04. The molecule has 8 rings (SSSR count). The zero-order valence-electron chi connectivity index (χ0n) is 24.6. The van der Waals surface area contributed by atoms with Crippen molar-refractivity contribution in [3.63, 3.8) is 0 Å². The van der Waals surface area contributed by atoms with E-state index in [-0.39, 0.29) is 0 Å². The van der Waals surface area contributed by atoms with E-state index in [0.29, 0.717) is 0 Å². The number of aryl methyl sites for hydroxylation is 3. The van der Waals surface area contributed by atoms with Gasteiger partial charge in [-0.15, -0.1) is 0 Å². The Morgan fingerprint density at radius 2 is 0.905 bits per heavy atom. The summed E-state index contributed by atoms with van der Waals surface area (Å²) in [6.45, 7) is 6.78. The first kappa shape index (κ1) is 25.1. The van der Waals surface area contributed by atoms with Crippen molar-refractivity contribution in [2.24, 2.45) is 0 Å². The summed E-state index contributed by atoms with van der Waals surface area (Å²) in [7, 11) is 0. The van der Waals surface area contributed by atoms with Crippen molar-refractivity contribution in [1.29, 1.82) is 0 Å². The second-order valence-corrected chi connectivity index (χ2v) is 11.7. The molecule has 0 nitrogen and oxygen atoms in total. The second-order valence-electron chi connectivity index (χ2n) is 11.7. The summed E-state index contributed by atoms with van der Waals surface area (Å²) < 4.78 is 0. The largest absolute Gasteiger partial charge is 0.0616 e. The predicted octanol–water partition coefficient (Wildman–Crippen LogP) is 11.9. The number of fused-ring (bicyclic) bond motifs is 2. The Balaban J connectivity index is 1.53. The molecule has 0 heteroatoms. The van der Waals surface area contributed by atoms with Gasteiger partial charge in [-0.25, -0.2) is 0 Å². The summed E-state index contributed by atoms with van der Waals surface area (Å²) in [6.07, 6.45) is 3.12. The van der Waals surface area contributed by atoms with Crippen molar-refractivity contribution in [1.82, 2.24) is 0 Å². The standard InChI is InChI=1S/C42H34/c1-4-26-23-27(5-2)25-31(24-26)39-33-11-7-9-13-35(33)42(36-14-10-8-12-34(36)39)38-22-19-30-17-20-32-28(6-3)15-16-29-18-21-37(38)41(30)40(29)32/h7-25H,4-6H2,1-3H3. The van der Waals surface area contributed by atoms with E-state index < -0.39 is 0 Å². The molecule has 0 N–H and O–H groups in total. The minimum Gasteiger partial charge on any atom is -0.0616 e. The minimum atomic E-state index is 1.04. The molecule has 0 amide bonds. The summed E-state index contributed by atoms with van der Waals surface area (Å²) in [5.74, 6) is 0. The molecule has 42 heavy (non-hydrogen) atoms.